The SMILES string of the molecule is Cc1ccc(Oc2cccc(C3OCC4OC(OC5C(CO)OC(Oc6ccc(CC7NC(=O)C(C(C)c8ccccc8)NC(=O)CNC(=O)C(CO)NC(=O)C(C(O)C8CN=C(N)N8C8OC(CO)C(O)C(O)C8O)NC(=O)C(C(O)C8CN=C(N)N8)NC7=O)cc6)C(O)C5O)C(O)C(O)C4O3)c2)cc1. The van der Waals surface area contributed by atoms with Gasteiger partial charge in [-0.1, -0.05) is 79.2 Å². The van der Waals surface area contributed by atoms with Gasteiger partial charge >= 0.3 is 0 Å². The van der Waals surface area contributed by atoms with Crippen LogP contribution in [0.15, 0.2) is 113 Å². The van der Waals surface area contributed by atoms with Crippen LogP contribution in [0.3, 0.4) is 0 Å². The van der Waals surface area contributed by atoms with Crippen LogP contribution in [-0.2, 0) is 63.6 Å². The molecule has 23 N–H and O–H groups in total. The van der Waals surface area contributed by atoms with Crippen molar-refractivity contribution < 1.29 is 128 Å². The predicted molar refractivity (Wildman–Crippen MR) is 361 cm³/mol. The molecule has 0 saturated carbocycles. The number of ether oxygens (including phenoxy) is 8. The number of amides is 6. The van der Waals surface area contributed by atoms with Crippen LogP contribution < -0.4 is 58.2 Å². The summed E-state index contributed by atoms with van der Waals surface area (Å²) in [6.07, 6.45) is -31.2. The summed E-state index contributed by atoms with van der Waals surface area (Å²) in [5, 5.41) is 151. The minimum absolute atomic E-state index is 0.0539. The molecule has 0 spiro atoms. The minimum Gasteiger partial charge on any atom is -0.462 e. The number of aliphatic hydroxyl groups is 12. The number of nitrogens with one attached hydrogen (secondary N) is 7. The zero-order valence-electron chi connectivity index (χ0n) is 57.1. The molecule has 7 aliphatic rings. The quantitative estimate of drug-likeness (QED) is 0.0414. The fraction of sp³-hybridized carbons (Fsp3) is 0.529. The average Bonchev–Trinajstić information content (AvgIpc) is 1.39. The second-order valence-corrected chi connectivity index (χ2v) is 26.6. The second kappa shape index (κ2) is 34.3. The third-order valence-corrected chi connectivity index (χ3v) is 19.4. The summed E-state index contributed by atoms with van der Waals surface area (Å²) in [5.41, 5.74) is 14.5. The highest BCUT2D eigenvalue weighted by molar-refractivity contribution is 5.98. The van der Waals surface area contributed by atoms with Crippen LogP contribution in [0.25, 0.3) is 0 Å². The summed E-state index contributed by atoms with van der Waals surface area (Å²) in [6, 6.07) is 15.3. The molecule has 7 aliphatic heterocycles. The number of hydrogen-bond acceptors (Lipinski definition) is 32. The van der Waals surface area contributed by atoms with Crippen molar-refractivity contribution >= 4 is 47.4 Å². The standard InChI is InChI=1S/C68H88N12O26/c1-28-11-15-33(16-12-28)100-35-10-6-9-32(20-35)64-99-27-42-57(105-64)52(90)55(93)66(104-42)106-56-41(26-83)103-65(54(92)51(56)89)101-34-17-13-30(14-18-34)19-36-59(95)78-45(47(85)37-21-72-67(69)76-37)62(98)79-46(48(86)39-22-73-68(70)80(39)63-53(91)50(88)49(87)40(25-82)102-63)61(97)75-38(24-81)58(94)71-23-43(84)77-44(60(96)74-36)29(2)31-7-4-3-5-8-31/h3-18,20,29,36-42,44-57,63-66,81-83,85-93H,19,21-27H2,1-2H3,(H2,70,73)(H,71,94)(H,74,96)(H,75,97)(H,77,84)(H,78,95)(H,79,98)(H3,69,72,76). The van der Waals surface area contributed by atoms with E-state index >= 15 is 9.59 Å². The van der Waals surface area contributed by atoms with E-state index in [1.165, 1.54) is 24.3 Å². The smallest absolute Gasteiger partial charge is 0.246 e. The highest BCUT2D eigenvalue weighted by Gasteiger charge is 2.55. The van der Waals surface area contributed by atoms with E-state index in [1.807, 2.05) is 31.2 Å². The van der Waals surface area contributed by atoms with Gasteiger partial charge < -0.3 is 153 Å². The Labute approximate surface area is 604 Å². The number of guanidine groups is 2. The van der Waals surface area contributed by atoms with Crippen molar-refractivity contribution in [2.75, 3.05) is 46.1 Å². The maximum absolute atomic E-state index is 15.2. The largest absolute Gasteiger partial charge is 0.462 e. The molecule has 106 heavy (non-hydrogen) atoms. The first-order valence-electron chi connectivity index (χ1n) is 34.2. The molecule has 0 radical (unpaired) electrons. The Hall–Kier alpha value is -8.88. The monoisotopic (exact) mass is 1490 g/mol. The Bertz CT molecular complexity index is 3780. The number of nitrogens with zero attached hydrogens (tertiary/aromatic N) is 3. The van der Waals surface area contributed by atoms with Crippen LogP contribution in [0, 0.1) is 6.92 Å². The Balaban J connectivity index is 0.821. The van der Waals surface area contributed by atoms with Gasteiger partial charge in [0.1, 0.15) is 133 Å². The Kier molecular flexibility index (Phi) is 25.3. The number of aryl methyl sites for hydroxylation is 1. The Morgan fingerprint density at radius 3 is 1.93 bits per heavy atom. The number of hydrogen-bond donors (Lipinski definition) is 21. The molecule has 38 nitrogen and oxygen atoms in total. The molecule has 6 amide bonds. The number of carbonyl (C=O) groups is 6. The van der Waals surface area contributed by atoms with E-state index in [-0.39, 0.29) is 30.4 Å². The van der Waals surface area contributed by atoms with E-state index in [1.54, 1.807) is 61.5 Å². The first-order chi connectivity index (χ1) is 50.7. The lowest BCUT2D eigenvalue weighted by atomic mass is 9.92. The molecule has 5 saturated heterocycles. The van der Waals surface area contributed by atoms with Gasteiger partial charge in [0.05, 0.1) is 58.1 Å². The lowest BCUT2D eigenvalue weighted by molar-refractivity contribution is -0.383. The van der Waals surface area contributed by atoms with Crippen LogP contribution in [0.5, 0.6) is 17.2 Å². The van der Waals surface area contributed by atoms with Crippen molar-refractivity contribution in [3.05, 3.63) is 125 Å². The lowest BCUT2D eigenvalue weighted by Crippen LogP contribution is -2.70. The van der Waals surface area contributed by atoms with E-state index in [0.29, 0.717) is 22.6 Å². The lowest BCUT2D eigenvalue weighted by Gasteiger charge is -2.48. The molecule has 4 aromatic rings. The molecular weight excluding hydrogens is 1400 g/mol. The summed E-state index contributed by atoms with van der Waals surface area (Å²) >= 11 is 0. The first-order valence-corrected chi connectivity index (χ1v) is 34.2. The van der Waals surface area contributed by atoms with Crippen molar-refractivity contribution in [2.24, 2.45) is 21.5 Å². The van der Waals surface area contributed by atoms with Gasteiger partial charge in [-0.05, 0) is 54.4 Å². The van der Waals surface area contributed by atoms with Crippen molar-refractivity contribution in [1.82, 2.24) is 42.1 Å². The van der Waals surface area contributed by atoms with E-state index in [2.05, 4.69) is 47.2 Å². The van der Waals surface area contributed by atoms with Crippen molar-refractivity contribution in [3.63, 3.8) is 0 Å². The molecule has 26 atom stereocenters. The summed E-state index contributed by atoms with van der Waals surface area (Å²) in [5.74, 6) is -7.87. The number of nitrogens with two attached hydrogens (primary N) is 2. The third-order valence-electron chi connectivity index (χ3n) is 19.4. The normalized spacial score (nSPS) is 35.2. The molecule has 26 unspecified atom stereocenters. The van der Waals surface area contributed by atoms with Crippen LogP contribution in [0.4, 0.5) is 0 Å². The van der Waals surface area contributed by atoms with Gasteiger partial charge in [0.2, 0.25) is 41.7 Å². The molecule has 5 fully saturated rings. The van der Waals surface area contributed by atoms with Crippen LogP contribution in [-0.4, -0.2) is 306 Å². The number of rotatable bonds is 19. The maximum Gasteiger partial charge on any atom is 0.246 e. The van der Waals surface area contributed by atoms with Gasteiger partial charge in [0, 0.05) is 17.9 Å². The molecule has 0 aliphatic carbocycles. The first kappa shape index (κ1) is 78.2. The summed E-state index contributed by atoms with van der Waals surface area (Å²) in [7, 11) is 0. The molecule has 0 aromatic heterocycles. The molecule has 4 aromatic carbocycles. The van der Waals surface area contributed by atoms with E-state index in [4.69, 9.17) is 49.4 Å². The highest BCUT2D eigenvalue weighted by Crippen LogP contribution is 2.38. The minimum atomic E-state index is -2.35. The molecule has 11 rings (SSSR count). The number of fused-ring (bicyclic) bond motifs is 1. The Morgan fingerprint density at radius 1 is 0.585 bits per heavy atom. The number of aliphatic hydroxyl groups excluding tert-OH is 12. The van der Waals surface area contributed by atoms with Crippen LogP contribution in [0.2, 0.25) is 0 Å². The van der Waals surface area contributed by atoms with E-state index in [9.17, 15) is 80.5 Å². The molecule has 0 bridgehead atoms. The predicted octanol–water partition coefficient (Wildman–Crippen LogP) is -8.75. The van der Waals surface area contributed by atoms with E-state index in [0.717, 1.165) is 10.5 Å². The molecule has 576 valence electrons. The van der Waals surface area contributed by atoms with Gasteiger partial charge in [0.25, 0.3) is 0 Å². The van der Waals surface area contributed by atoms with Gasteiger partial charge in [-0.25, -0.2) is 0 Å². The Morgan fingerprint density at radius 2 is 1.25 bits per heavy atom. The van der Waals surface area contributed by atoms with Gasteiger partial charge in [0.15, 0.2) is 30.7 Å². The van der Waals surface area contributed by atoms with Crippen molar-refractivity contribution in [1.29, 1.82) is 0 Å². The zero-order valence-corrected chi connectivity index (χ0v) is 57.1. The zero-order chi connectivity index (χ0) is 75.9. The topological polar surface area (TPSA) is 583 Å². The van der Waals surface area contributed by atoms with Crippen LogP contribution >= 0.6 is 0 Å². The van der Waals surface area contributed by atoms with Crippen molar-refractivity contribution in [3.8, 4) is 17.2 Å². The number of aliphatic imine (C=N–C) groups is 2. The summed E-state index contributed by atoms with van der Waals surface area (Å²) in [4.78, 5) is 96.8. The fourth-order valence-corrected chi connectivity index (χ4v) is 13.3. The average molecular weight is 1490 g/mol. The fourth-order valence-electron chi connectivity index (χ4n) is 13.3. The maximum atomic E-state index is 15.2. The van der Waals surface area contributed by atoms with Gasteiger partial charge in [-0.3, -0.25) is 38.8 Å². The summed E-state index contributed by atoms with van der Waals surface area (Å²) < 4.78 is 47.8. The van der Waals surface area contributed by atoms with Gasteiger partial charge in [-0.15, -0.1) is 0 Å². The van der Waals surface area contributed by atoms with Gasteiger partial charge in [-0.2, -0.15) is 0 Å². The second-order valence-electron chi connectivity index (χ2n) is 26.6. The molecule has 38 heteroatoms. The third kappa shape index (κ3) is 17.5. The highest BCUT2D eigenvalue weighted by atomic mass is 16.8. The number of carbonyl (C=O) groups excluding carboxylic acids is 6. The molecule has 7 heterocycles. The molecular formula is C68H88N12O26. The van der Waals surface area contributed by atoms with E-state index < -0.39 is 239 Å². The van der Waals surface area contributed by atoms with Crippen LogP contribution in [0.1, 0.15) is 41.4 Å². The number of benzene rings is 4. The summed E-state index contributed by atoms with van der Waals surface area (Å²) in [6.45, 7) is -1.33. The van der Waals surface area contributed by atoms with Crippen molar-refractivity contribution in [2.45, 2.75) is 179 Å².